The summed E-state index contributed by atoms with van der Waals surface area (Å²) in [6.07, 6.45) is 2.65. The summed E-state index contributed by atoms with van der Waals surface area (Å²) in [7, 11) is 2.16. The van der Waals surface area contributed by atoms with Crippen LogP contribution in [0.15, 0.2) is 38.6 Å². The van der Waals surface area contributed by atoms with E-state index in [1.807, 2.05) is 0 Å². The van der Waals surface area contributed by atoms with Gasteiger partial charge in [0.05, 0.1) is 6.54 Å². The molecular weight excluding hydrogens is 412 g/mol. The minimum Gasteiger partial charge on any atom is -0.369 e. The van der Waals surface area contributed by atoms with Crippen LogP contribution in [0.2, 0.25) is 0 Å². The van der Waals surface area contributed by atoms with E-state index in [0.29, 0.717) is 0 Å². The van der Waals surface area contributed by atoms with Gasteiger partial charge in [-0.1, -0.05) is 22.0 Å². The molecular formula is C16H18Br2N2S. The fraction of sp³-hybridized carbons (Fsp3) is 0.375. The minimum atomic E-state index is 0.736. The SMILES string of the molecule is CN(Cc1cc(Br)cs1)c1cc(Br)ccc1CNC1CC1. The van der Waals surface area contributed by atoms with Crippen LogP contribution >= 0.6 is 43.2 Å². The van der Waals surface area contributed by atoms with Crippen LogP contribution in [-0.2, 0) is 13.1 Å². The van der Waals surface area contributed by atoms with E-state index in [2.05, 4.69) is 78.8 Å². The summed E-state index contributed by atoms with van der Waals surface area (Å²) < 4.78 is 2.30. The molecule has 2 nitrogen and oxygen atoms in total. The van der Waals surface area contributed by atoms with Crippen molar-refractivity contribution in [3.8, 4) is 0 Å². The van der Waals surface area contributed by atoms with E-state index in [0.717, 1.165) is 23.6 Å². The Labute approximate surface area is 146 Å². The number of halogens is 2. The van der Waals surface area contributed by atoms with Gasteiger partial charge in [-0.25, -0.2) is 0 Å². The average molecular weight is 430 g/mol. The fourth-order valence-corrected chi connectivity index (χ4v) is 4.19. The van der Waals surface area contributed by atoms with Crippen molar-refractivity contribution in [1.82, 2.24) is 5.32 Å². The predicted octanol–water partition coefficient (Wildman–Crippen LogP) is 5.16. The molecule has 0 saturated heterocycles. The number of thiophene rings is 1. The predicted molar refractivity (Wildman–Crippen MR) is 98.1 cm³/mol. The minimum absolute atomic E-state index is 0.736. The maximum Gasteiger partial charge on any atom is 0.0520 e. The van der Waals surface area contributed by atoms with Gasteiger partial charge >= 0.3 is 0 Å². The van der Waals surface area contributed by atoms with Crippen LogP contribution in [0.4, 0.5) is 5.69 Å². The summed E-state index contributed by atoms with van der Waals surface area (Å²) >= 11 is 8.92. The number of hydrogen-bond donors (Lipinski definition) is 1. The van der Waals surface area contributed by atoms with Crippen molar-refractivity contribution in [2.24, 2.45) is 0 Å². The molecule has 21 heavy (non-hydrogen) atoms. The zero-order valence-corrected chi connectivity index (χ0v) is 15.9. The quantitative estimate of drug-likeness (QED) is 0.681. The Hall–Kier alpha value is -0.360. The van der Waals surface area contributed by atoms with Crippen molar-refractivity contribution in [3.05, 3.63) is 49.0 Å². The van der Waals surface area contributed by atoms with E-state index in [1.54, 1.807) is 11.3 Å². The Bertz CT molecular complexity index is 622. The fourth-order valence-electron chi connectivity index (χ4n) is 2.34. The van der Waals surface area contributed by atoms with E-state index < -0.39 is 0 Å². The maximum absolute atomic E-state index is 3.61. The molecule has 1 N–H and O–H groups in total. The Morgan fingerprint density at radius 1 is 1.24 bits per heavy atom. The van der Waals surface area contributed by atoms with Crippen molar-refractivity contribution in [2.75, 3.05) is 11.9 Å². The van der Waals surface area contributed by atoms with Crippen molar-refractivity contribution in [1.29, 1.82) is 0 Å². The second-order valence-electron chi connectivity index (χ2n) is 5.52. The Morgan fingerprint density at radius 2 is 2.05 bits per heavy atom. The highest BCUT2D eigenvalue weighted by Crippen LogP contribution is 2.29. The molecule has 0 bridgehead atoms. The van der Waals surface area contributed by atoms with Gasteiger partial charge in [0.15, 0.2) is 0 Å². The first-order chi connectivity index (χ1) is 10.1. The highest BCUT2D eigenvalue weighted by atomic mass is 79.9. The molecule has 1 aliphatic carbocycles. The molecule has 0 amide bonds. The molecule has 0 atom stereocenters. The number of hydrogen-bond acceptors (Lipinski definition) is 3. The molecule has 0 radical (unpaired) electrons. The molecule has 1 aromatic heterocycles. The molecule has 1 fully saturated rings. The van der Waals surface area contributed by atoms with Crippen LogP contribution < -0.4 is 10.2 Å². The van der Waals surface area contributed by atoms with E-state index in [-0.39, 0.29) is 0 Å². The Morgan fingerprint density at radius 3 is 2.71 bits per heavy atom. The molecule has 0 unspecified atom stereocenters. The van der Waals surface area contributed by atoms with Crippen molar-refractivity contribution in [2.45, 2.75) is 32.0 Å². The van der Waals surface area contributed by atoms with Gasteiger partial charge in [0, 0.05) is 44.5 Å². The monoisotopic (exact) mass is 428 g/mol. The summed E-state index contributed by atoms with van der Waals surface area (Å²) in [5, 5.41) is 5.75. The summed E-state index contributed by atoms with van der Waals surface area (Å²) in [5.41, 5.74) is 2.66. The van der Waals surface area contributed by atoms with Crippen LogP contribution in [-0.4, -0.2) is 13.1 Å². The van der Waals surface area contributed by atoms with E-state index in [9.17, 15) is 0 Å². The highest BCUT2D eigenvalue weighted by Gasteiger charge is 2.21. The second kappa shape index (κ2) is 6.82. The first-order valence-corrected chi connectivity index (χ1v) is 9.54. The number of nitrogens with one attached hydrogen (secondary N) is 1. The lowest BCUT2D eigenvalue weighted by molar-refractivity contribution is 0.685. The van der Waals surface area contributed by atoms with Crippen molar-refractivity contribution in [3.63, 3.8) is 0 Å². The highest BCUT2D eigenvalue weighted by molar-refractivity contribution is 9.10. The first-order valence-electron chi connectivity index (χ1n) is 7.07. The summed E-state index contributed by atoms with van der Waals surface area (Å²) in [6, 6.07) is 9.49. The summed E-state index contributed by atoms with van der Waals surface area (Å²) in [6.45, 7) is 1.88. The normalized spacial score (nSPS) is 14.4. The van der Waals surface area contributed by atoms with Crippen molar-refractivity contribution >= 4 is 48.9 Å². The van der Waals surface area contributed by atoms with Gasteiger partial charge in [0.1, 0.15) is 0 Å². The molecule has 112 valence electrons. The summed E-state index contributed by atoms with van der Waals surface area (Å²) in [4.78, 5) is 3.69. The smallest absolute Gasteiger partial charge is 0.0520 e. The molecule has 0 aliphatic heterocycles. The van der Waals surface area contributed by atoms with E-state index in [4.69, 9.17) is 0 Å². The van der Waals surface area contributed by atoms with Gasteiger partial charge < -0.3 is 10.2 Å². The molecule has 1 heterocycles. The molecule has 2 aromatic rings. The third-order valence-corrected chi connectivity index (χ3v) is 5.81. The third kappa shape index (κ3) is 4.31. The van der Waals surface area contributed by atoms with Gasteiger partial charge in [0.2, 0.25) is 0 Å². The molecule has 5 heteroatoms. The molecule has 1 saturated carbocycles. The molecule has 3 rings (SSSR count). The number of anilines is 1. The largest absolute Gasteiger partial charge is 0.369 e. The van der Waals surface area contributed by atoms with E-state index >= 15 is 0 Å². The van der Waals surface area contributed by atoms with Crippen molar-refractivity contribution < 1.29 is 0 Å². The van der Waals surface area contributed by atoms with Gasteiger partial charge in [0.25, 0.3) is 0 Å². The van der Waals surface area contributed by atoms with Gasteiger partial charge in [-0.3, -0.25) is 0 Å². The molecule has 0 spiro atoms. The third-order valence-electron chi connectivity index (χ3n) is 3.63. The lowest BCUT2D eigenvalue weighted by Crippen LogP contribution is -2.21. The van der Waals surface area contributed by atoms with Gasteiger partial charge in [-0.2, -0.15) is 0 Å². The molecule has 1 aliphatic rings. The average Bonchev–Trinajstić information content (AvgIpc) is 3.20. The van der Waals surface area contributed by atoms with Gasteiger partial charge in [-0.15, -0.1) is 11.3 Å². The lowest BCUT2D eigenvalue weighted by Gasteiger charge is -2.22. The van der Waals surface area contributed by atoms with Crippen LogP contribution in [0.3, 0.4) is 0 Å². The maximum atomic E-state index is 3.61. The standard InChI is InChI=1S/C16H18Br2N2S/c1-20(9-15-6-13(18)10-21-15)16-7-12(17)3-2-11(16)8-19-14-4-5-14/h2-3,6-7,10,14,19H,4-5,8-9H2,1H3. The Balaban J connectivity index is 1.75. The topological polar surface area (TPSA) is 15.3 Å². The number of rotatable bonds is 6. The van der Waals surface area contributed by atoms with E-state index in [1.165, 1.54) is 33.4 Å². The second-order valence-corrected chi connectivity index (χ2v) is 8.34. The first kappa shape index (κ1) is 15.5. The number of nitrogens with zero attached hydrogens (tertiary/aromatic N) is 1. The Kier molecular flexibility index (Phi) is 5.04. The number of benzene rings is 1. The lowest BCUT2D eigenvalue weighted by atomic mass is 10.1. The summed E-state index contributed by atoms with van der Waals surface area (Å²) in [5.74, 6) is 0. The van der Waals surface area contributed by atoms with Gasteiger partial charge in [-0.05, 0) is 52.5 Å². The van der Waals surface area contributed by atoms with Crippen LogP contribution in [0.1, 0.15) is 23.3 Å². The van der Waals surface area contributed by atoms with Crippen LogP contribution in [0.25, 0.3) is 0 Å². The van der Waals surface area contributed by atoms with Crippen LogP contribution in [0, 0.1) is 0 Å². The zero-order valence-electron chi connectivity index (χ0n) is 11.9. The molecule has 1 aromatic carbocycles. The van der Waals surface area contributed by atoms with Crippen LogP contribution in [0.5, 0.6) is 0 Å². The zero-order chi connectivity index (χ0) is 14.8.